The van der Waals surface area contributed by atoms with Crippen molar-refractivity contribution in [2.24, 2.45) is 0 Å². The fourth-order valence-corrected chi connectivity index (χ4v) is 2.36. The van der Waals surface area contributed by atoms with Gasteiger partial charge in [-0.2, -0.15) is 0 Å². The third-order valence-electron chi connectivity index (χ3n) is 2.78. The summed E-state index contributed by atoms with van der Waals surface area (Å²) in [6.45, 7) is 3.84. The first-order chi connectivity index (χ1) is 8.22. The van der Waals surface area contributed by atoms with Crippen molar-refractivity contribution >= 4 is 21.7 Å². The second-order valence-corrected chi connectivity index (χ2v) is 4.83. The van der Waals surface area contributed by atoms with E-state index in [2.05, 4.69) is 32.7 Å². The van der Waals surface area contributed by atoms with Gasteiger partial charge in [-0.15, -0.1) is 0 Å². The number of ether oxygens (including phenoxy) is 2. The molecule has 2 rings (SSSR count). The maximum Gasteiger partial charge on any atom is 0.137 e. The van der Waals surface area contributed by atoms with E-state index >= 15 is 0 Å². The molecule has 0 bridgehead atoms. The third-order valence-corrected chi connectivity index (χ3v) is 3.50. The molecule has 2 heterocycles. The van der Waals surface area contributed by atoms with Gasteiger partial charge in [0.15, 0.2) is 0 Å². The van der Waals surface area contributed by atoms with E-state index in [1.54, 1.807) is 13.3 Å². The number of nitrogens with zero attached hydrogens (tertiary/aromatic N) is 2. The minimum atomic E-state index is 0.225. The van der Waals surface area contributed by atoms with Crippen LogP contribution < -0.4 is 9.64 Å². The fraction of sp³-hybridized carbons (Fsp3) is 0.583. The highest BCUT2D eigenvalue weighted by Crippen LogP contribution is 2.20. The van der Waals surface area contributed by atoms with Gasteiger partial charge in [0, 0.05) is 18.4 Å². The molecule has 2 unspecified atom stereocenters. The summed E-state index contributed by atoms with van der Waals surface area (Å²) in [5, 5.41) is 0.851. The van der Waals surface area contributed by atoms with Crippen LogP contribution in [0, 0.1) is 0 Å². The van der Waals surface area contributed by atoms with Crippen LogP contribution in [0.3, 0.4) is 0 Å². The third kappa shape index (κ3) is 3.10. The predicted octanol–water partition coefficient (Wildman–Crippen LogP) is 2.08. The minimum Gasteiger partial charge on any atom is -0.495 e. The van der Waals surface area contributed by atoms with Crippen molar-refractivity contribution in [1.29, 1.82) is 0 Å². The van der Waals surface area contributed by atoms with Crippen LogP contribution >= 0.6 is 15.9 Å². The Morgan fingerprint density at radius 3 is 2.94 bits per heavy atom. The number of hydrogen-bond donors (Lipinski definition) is 0. The zero-order valence-corrected chi connectivity index (χ0v) is 11.7. The van der Waals surface area contributed by atoms with E-state index in [0.717, 1.165) is 30.0 Å². The molecule has 1 fully saturated rings. The fourth-order valence-electron chi connectivity index (χ4n) is 2.00. The Hall–Kier alpha value is -0.810. The van der Waals surface area contributed by atoms with Crippen LogP contribution in [0.1, 0.15) is 6.92 Å². The molecule has 0 aliphatic carbocycles. The Morgan fingerprint density at radius 2 is 2.35 bits per heavy atom. The number of alkyl halides is 1. The van der Waals surface area contributed by atoms with Crippen LogP contribution in [-0.4, -0.2) is 42.7 Å². The average Bonchev–Trinajstić information content (AvgIpc) is 2.38. The normalized spacial score (nSPS) is 24.8. The molecule has 2 atom stereocenters. The molecule has 0 radical (unpaired) electrons. The smallest absolute Gasteiger partial charge is 0.137 e. The SMILES string of the molecule is COc1ccc(N2CC(C)OC(CBr)C2)nc1. The first kappa shape index (κ1) is 12.6. The molecular formula is C12H17BrN2O2. The molecule has 0 N–H and O–H groups in total. The number of anilines is 1. The van der Waals surface area contributed by atoms with Crippen molar-refractivity contribution in [1.82, 2.24) is 4.98 Å². The number of aromatic nitrogens is 1. The Labute approximate surface area is 110 Å². The Kier molecular flexibility index (Phi) is 4.23. The van der Waals surface area contributed by atoms with Crippen LogP contribution in [0.25, 0.3) is 0 Å². The average molecular weight is 301 g/mol. The summed E-state index contributed by atoms with van der Waals surface area (Å²) in [6.07, 6.45) is 2.20. The van der Waals surface area contributed by atoms with Crippen molar-refractivity contribution in [3.05, 3.63) is 18.3 Å². The molecule has 1 aliphatic rings. The largest absolute Gasteiger partial charge is 0.495 e. The molecule has 4 nitrogen and oxygen atoms in total. The van der Waals surface area contributed by atoms with Crippen molar-refractivity contribution in [3.8, 4) is 5.75 Å². The number of hydrogen-bond acceptors (Lipinski definition) is 4. The molecule has 0 spiro atoms. The second-order valence-electron chi connectivity index (χ2n) is 4.18. The predicted molar refractivity (Wildman–Crippen MR) is 71.1 cm³/mol. The van der Waals surface area contributed by atoms with Gasteiger partial charge in [0.1, 0.15) is 11.6 Å². The lowest BCUT2D eigenvalue weighted by Gasteiger charge is -2.36. The minimum absolute atomic E-state index is 0.225. The molecule has 17 heavy (non-hydrogen) atoms. The van der Waals surface area contributed by atoms with Crippen LogP contribution in [0.4, 0.5) is 5.82 Å². The lowest BCUT2D eigenvalue weighted by molar-refractivity contribution is -0.00223. The number of rotatable bonds is 3. The summed E-state index contributed by atoms with van der Waals surface area (Å²) in [5.74, 6) is 1.76. The molecule has 1 aromatic heterocycles. The molecule has 0 amide bonds. The molecular weight excluding hydrogens is 284 g/mol. The lowest BCUT2D eigenvalue weighted by atomic mass is 10.2. The van der Waals surface area contributed by atoms with Crippen LogP contribution in [0.5, 0.6) is 5.75 Å². The van der Waals surface area contributed by atoms with Gasteiger partial charge in [-0.05, 0) is 19.1 Å². The first-order valence-electron chi connectivity index (χ1n) is 5.69. The van der Waals surface area contributed by atoms with Crippen molar-refractivity contribution < 1.29 is 9.47 Å². The molecule has 5 heteroatoms. The van der Waals surface area contributed by atoms with Gasteiger partial charge in [-0.25, -0.2) is 4.98 Å². The monoisotopic (exact) mass is 300 g/mol. The summed E-state index contributed by atoms with van der Waals surface area (Å²) in [6, 6.07) is 3.92. The summed E-state index contributed by atoms with van der Waals surface area (Å²) < 4.78 is 10.9. The summed E-state index contributed by atoms with van der Waals surface area (Å²) >= 11 is 3.47. The summed E-state index contributed by atoms with van der Waals surface area (Å²) in [5.41, 5.74) is 0. The molecule has 0 aromatic carbocycles. The standard InChI is InChI=1S/C12H17BrN2O2/c1-9-7-15(8-11(5-13)17-9)12-4-3-10(16-2)6-14-12/h3-4,6,9,11H,5,7-8H2,1-2H3. The molecule has 94 valence electrons. The Morgan fingerprint density at radius 1 is 1.53 bits per heavy atom. The van der Waals surface area contributed by atoms with E-state index < -0.39 is 0 Å². The number of halogens is 1. The van der Waals surface area contributed by atoms with Crippen LogP contribution in [-0.2, 0) is 4.74 Å². The number of morpholine rings is 1. The first-order valence-corrected chi connectivity index (χ1v) is 6.81. The highest BCUT2D eigenvalue weighted by atomic mass is 79.9. The Balaban J connectivity index is 2.09. The van der Waals surface area contributed by atoms with Gasteiger partial charge >= 0.3 is 0 Å². The molecule has 0 saturated carbocycles. The maximum absolute atomic E-state index is 5.79. The summed E-state index contributed by atoms with van der Waals surface area (Å²) in [7, 11) is 1.65. The highest BCUT2D eigenvalue weighted by molar-refractivity contribution is 9.09. The Bertz CT molecular complexity index is 358. The van der Waals surface area contributed by atoms with Gasteiger partial charge in [0.2, 0.25) is 0 Å². The highest BCUT2D eigenvalue weighted by Gasteiger charge is 2.25. The van der Waals surface area contributed by atoms with Gasteiger partial charge in [0.05, 0.1) is 25.5 Å². The van der Waals surface area contributed by atoms with Crippen molar-refractivity contribution in [2.45, 2.75) is 19.1 Å². The summed E-state index contributed by atoms with van der Waals surface area (Å²) in [4.78, 5) is 6.66. The molecule has 1 saturated heterocycles. The van der Waals surface area contributed by atoms with E-state index in [4.69, 9.17) is 9.47 Å². The van der Waals surface area contributed by atoms with Gasteiger partial charge < -0.3 is 14.4 Å². The topological polar surface area (TPSA) is 34.6 Å². The zero-order valence-electron chi connectivity index (χ0n) is 10.1. The van der Waals surface area contributed by atoms with Crippen molar-refractivity contribution in [2.75, 3.05) is 30.4 Å². The zero-order chi connectivity index (χ0) is 12.3. The second kappa shape index (κ2) is 5.69. The van der Waals surface area contributed by atoms with E-state index in [1.165, 1.54) is 0 Å². The van der Waals surface area contributed by atoms with Crippen LogP contribution in [0.15, 0.2) is 18.3 Å². The van der Waals surface area contributed by atoms with E-state index in [-0.39, 0.29) is 12.2 Å². The lowest BCUT2D eigenvalue weighted by Crippen LogP contribution is -2.47. The van der Waals surface area contributed by atoms with Gasteiger partial charge in [-0.1, -0.05) is 15.9 Å². The van der Waals surface area contributed by atoms with Crippen LogP contribution in [0.2, 0.25) is 0 Å². The maximum atomic E-state index is 5.79. The number of pyridine rings is 1. The van der Waals surface area contributed by atoms with Crippen molar-refractivity contribution in [3.63, 3.8) is 0 Å². The quantitative estimate of drug-likeness (QED) is 0.801. The van der Waals surface area contributed by atoms with E-state index in [0.29, 0.717) is 0 Å². The van der Waals surface area contributed by atoms with Gasteiger partial charge in [-0.3, -0.25) is 0 Å². The molecule has 1 aliphatic heterocycles. The molecule has 1 aromatic rings. The van der Waals surface area contributed by atoms with E-state index in [1.807, 2.05) is 12.1 Å². The van der Waals surface area contributed by atoms with Gasteiger partial charge in [0.25, 0.3) is 0 Å². The van der Waals surface area contributed by atoms with E-state index in [9.17, 15) is 0 Å². The number of methoxy groups -OCH3 is 1.